The summed E-state index contributed by atoms with van der Waals surface area (Å²) >= 11 is 0. The van der Waals surface area contributed by atoms with Crippen LogP contribution in [0.2, 0.25) is 0 Å². The highest BCUT2D eigenvalue weighted by atomic mass is 16.5. The number of methoxy groups -OCH3 is 1. The van der Waals surface area contributed by atoms with E-state index in [1.807, 2.05) is 18.2 Å². The maximum Gasteiger partial charge on any atom is 0.237 e. The number of amides is 1. The van der Waals surface area contributed by atoms with Crippen molar-refractivity contribution in [2.45, 2.75) is 51.2 Å². The Hall–Kier alpha value is -2.33. The first-order valence-corrected chi connectivity index (χ1v) is 9.87. The number of nitrogens with one attached hydrogen (secondary N) is 1. The summed E-state index contributed by atoms with van der Waals surface area (Å²) in [6.07, 6.45) is 3.92. The number of likely N-dealkylation sites (tertiary alicyclic amines) is 1. The molecular formula is C23H30N2O2. The fraction of sp³-hybridized carbons (Fsp3) is 0.435. The molecule has 0 saturated carbocycles. The first-order chi connectivity index (χ1) is 13.2. The molecule has 27 heavy (non-hydrogen) atoms. The number of hydrogen-bond donors (Lipinski definition) is 1. The first-order valence-electron chi connectivity index (χ1n) is 9.87. The van der Waals surface area contributed by atoms with Crippen LogP contribution in [-0.2, 0) is 17.8 Å². The van der Waals surface area contributed by atoms with Crippen LogP contribution in [0, 0.1) is 0 Å². The molecule has 2 atom stereocenters. The lowest BCUT2D eigenvalue weighted by Crippen LogP contribution is -2.46. The van der Waals surface area contributed by atoms with Crippen molar-refractivity contribution in [2.75, 3.05) is 13.7 Å². The van der Waals surface area contributed by atoms with Crippen LogP contribution in [0.4, 0.5) is 0 Å². The highest BCUT2D eigenvalue weighted by Crippen LogP contribution is 2.20. The average molecular weight is 367 g/mol. The van der Waals surface area contributed by atoms with Crippen LogP contribution >= 0.6 is 0 Å². The lowest BCUT2D eigenvalue weighted by atomic mass is 10.1. The van der Waals surface area contributed by atoms with Crippen LogP contribution in [-0.4, -0.2) is 36.5 Å². The lowest BCUT2D eigenvalue weighted by Gasteiger charge is -2.25. The molecule has 4 nitrogen and oxygen atoms in total. The maximum atomic E-state index is 12.8. The van der Waals surface area contributed by atoms with Gasteiger partial charge in [0.25, 0.3) is 0 Å². The molecule has 0 aromatic heterocycles. The predicted molar refractivity (Wildman–Crippen MR) is 109 cm³/mol. The lowest BCUT2D eigenvalue weighted by molar-refractivity contribution is -0.126. The molecule has 2 aromatic rings. The van der Waals surface area contributed by atoms with E-state index in [2.05, 4.69) is 53.5 Å². The normalized spacial score (nSPS) is 18.2. The molecule has 1 amide bonds. The van der Waals surface area contributed by atoms with E-state index in [1.165, 1.54) is 11.1 Å². The molecule has 2 aromatic carbocycles. The summed E-state index contributed by atoms with van der Waals surface area (Å²) in [4.78, 5) is 15.1. The molecule has 144 valence electrons. The third-order valence-corrected chi connectivity index (χ3v) is 5.31. The Labute approximate surface area is 162 Å². The van der Waals surface area contributed by atoms with Crippen molar-refractivity contribution in [1.29, 1.82) is 0 Å². The summed E-state index contributed by atoms with van der Waals surface area (Å²) in [5.41, 5.74) is 2.54. The number of carbonyl (C=O) groups excluding carboxylic acids is 1. The van der Waals surface area contributed by atoms with E-state index in [1.54, 1.807) is 7.11 Å². The molecule has 1 heterocycles. The molecule has 1 fully saturated rings. The minimum absolute atomic E-state index is 0.00589. The van der Waals surface area contributed by atoms with Crippen LogP contribution in [0.25, 0.3) is 0 Å². The molecule has 0 bridgehead atoms. The van der Waals surface area contributed by atoms with E-state index in [9.17, 15) is 4.79 Å². The molecule has 0 aliphatic carbocycles. The zero-order valence-electron chi connectivity index (χ0n) is 16.4. The Morgan fingerprint density at radius 1 is 1.15 bits per heavy atom. The Kier molecular flexibility index (Phi) is 6.88. The fourth-order valence-electron chi connectivity index (χ4n) is 3.72. The Balaban J connectivity index is 1.47. The largest absolute Gasteiger partial charge is 0.497 e. The predicted octanol–water partition coefficient (Wildman–Crippen LogP) is 3.80. The molecule has 1 saturated heterocycles. The zero-order valence-corrected chi connectivity index (χ0v) is 16.4. The standard InChI is InChI=1S/C23H30N2O2/c1-18(10-11-19-12-14-21(27-2)15-13-19)24-23(26)22-9-6-16-25(22)17-20-7-4-3-5-8-20/h3-5,7-8,12-15,18,22H,6,9-11,16-17H2,1-2H3,(H,24,26). The van der Waals surface area contributed by atoms with E-state index >= 15 is 0 Å². The van der Waals surface area contributed by atoms with E-state index in [0.29, 0.717) is 0 Å². The van der Waals surface area contributed by atoms with Crippen molar-refractivity contribution in [1.82, 2.24) is 10.2 Å². The van der Waals surface area contributed by atoms with Gasteiger partial charge in [-0.25, -0.2) is 0 Å². The Bertz CT molecular complexity index is 715. The second-order valence-corrected chi connectivity index (χ2v) is 7.41. The molecule has 1 aliphatic heterocycles. The van der Waals surface area contributed by atoms with Crippen molar-refractivity contribution in [3.8, 4) is 5.75 Å². The molecule has 0 spiro atoms. The molecule has 3 rings (SSSR count). The van der Waals surface area contributed by atoms with E-state index < -0.39 is 0 Å². The summed E-state index contributed by atoms with van der Waals surface area (Å²) in [5, 5.41) is 3.23. The fourth-order valence-corrected chi connectivity index (χ4v) is 3.72. The van der Waals surface area contributed by atoms with E-state index in [-0.39, 0.29) is 18.0 Å². The first kappa shape index (κ1) is 19.4. The molecule has 2 unspecified atom stereocenters. The van der Waals surface area contributed by atoms with Crippen molar-refractivity contribution in [3.63, 3.8) is 0 Å². The third-order valence-electron chi connectivity index (χ3n) is 5.31. The van der Waals surface area contributed by atoms with Gasteiger partial charge < -0.3 is 10.1 Å². The summed E-state index contributed by atoms with van der Waals surface area (Å²) in [7, 11) is 1.68. The molecule has 1 aliphatic rings. The minimum Gasteiger partial charge on any atom is -0.497 e. The summed E-state index contributed by atoms with van der Waals surface area (Å²) in [6.45, 7) is 3.93. The molecule has 4 heteroatoms. The van der Waals surface area contributed by atoms with Gasteiger partial charge in [-0.2, -0.15) is 0 Å². The van der Waals surface area contributed by atoms with Gasteiger partial charge in [0.15, 0.2) is 0 Å². The van der Waals surface area contributed by atoms with Crippen molar-refractivity contribution >= 4 is 5.91 Å². The van der Waals surface area contributed by atoms with Crippen LogP contribution in [0.3, 0.4) is 0 Å². The second kappa shape index (κ2) is 9.56. The average Bonchev–Trinajstić information content (AvgIpc) is 3.16. The van der Waals surface area contributed by atoms with Crippen molar-refractivity contribution < 1.29 is 9.53 Å². The van der Waals surface area contributed by atoms with Crippen molar-refractivity contribution in [3.05, 3.63) is 65.7 Å². The smallest absolute Gasteiger partial charge is 0.237 e. The summed E-state index contributed by atoms with van der Waals surface area (Å²) in [5.74, 6) is 1.05. The minimum atomic E-state index is -0.00589. The quantitative estimate of drug-likeness (QED) is 0.773. The maximum absolute atomic E-state index is 12.8. The molecule has 1 N–H and O–H groups in total. The van der Waals surface area contributed by atoms with Crippen LogP contribution in [0.1, 0.15) is 37.3 Å². The van der Waals surface area contributed by atoms with Gasteiger partial charge in [-0.05, 0) is 62.4 Å². The van der Waals surface area contributed by atoms with Gasteiger partial charge in [0.05, 0.1) is 13.2 Å². The topological polar surface area (TPSA) is 41.6 Å². The van der Waals surface area contributed by atoms with Gasteiger partial charge >= 0.3 is 0 Å². The SMILES string of the molecule is COc1ccc(CCC(C)NC(=O)C2CCCN2Cc2ccccc2)cc1. The highest BCUT2D eigenvalue weighted by molar-refractivity contribution is 5.82. The van der Waals surface area contributed by atoms with Gasteiger partial charge in [0, 0.05) is 12.6 Å². The van der Waals surface area contributed by atoms with Gasteiger partial charge in [-0.1, -0.05) is 42.5 Å². The van der Waals surface area contributed by atoms with Gasteiger partial charge in [0.2, 0.25) is 5.91 Å². The number of nitrogens with zero attached hydrogens (tertiary/aromatic N) is 1. The number of ether oxygens (including phenoxy) is 1. The van der Waals surface area contributed by atoms with Crippen molar-refractivity contribution in [2.24, 2.45) is 0 Å². The van der Waals surface area contributed by atoms with Gasteiger partial charge in [-0.3, -0.25) is 9.69 Å². The number of hydrogen-bond acceptors (Lipinski definition) is 3. The Morgan fingerprint density at radius 2 is 1.89 bits per heavy atom. The number of aryl methyl sites for hydroxylation is 1. The third kappa shape index (κ3) is 5.57. The Morgan fingerprint density at radius 3 is 2.59 bits per heavy atom. The summed E-state index contributed by atoms with van der Waals surface area (Å²) in [6, 6.07) is 18.7. The zero-order chi connectivity index (χ0) is 19.1. The van der Waals surface area contributed by atoms with Crippen LogP contribution in [0.5, 0.6) is 5.75 Å². The van der Waals surface area contributed by atoms with Gasteiger partial charge in [-0.15, -0.1) is 0 Å². The summed E-state index contributed by atoms with van der Waals surface area (Å²) < 4.78 is 5.20. The van der Waals surface area contributed by atoms with Crippen LogP contribution in [0.15, 0.2) is 54.6 Å². The highest BCUT2D eigenvalue weighted by Gasteiger charge is 2.31. The monoisotopic (exact) mass is 366 g/mol. The number of carbonyl (C=O) groups is 1. The second-order valence-electron chi connectivity index (χ2n) is 7.41. The van der Waals surface area contributed by atoms with E-state index in [4.69, 9.17) is 4.74 Å². The number of rotatable bonds is 8. The van der Waals surface area contributed by atoms with Gasteiger partial charge in [0.1, 0.15) is 5.75 Å². The van der Waals surface area contributed by atoms with Crippen LogP contribution < -0.4 is 10.1 Å². The number of benzene rings is 2. The molecule has 0 radical (unpaired) electrons. The molecular weight excluding hydrogens is 336 g/mol. The van der Waals surface area contributed by atoms with E-state index in [0.717, 1.165) is 44.5 Å².